The summed E-state index contributed by atoms with van der Waals surface area (Å²) >= 11 is 8.24. The highest BCUT2D eigenvalue weighted by atomic mass is 79.9. The summed E-state index contributed by atoms with van der Waals surface area (Å²) in [6.07, 6.45) is 0.955. The van der Waals surface area contributed by atoms with Gasteiger partial charge in [-0.3, -0.25) is 4.79 Å². The van der Waals surface area contributed by atoms with Crippen molar-refractivity contribution in [3.8, 4) is 5.75 Å². The molecule has 5 heteroatoms. The number of ether oxygens (including phenoxy) is 1. The molecular weight excluding hydrogens is 392 g/mol. The lowest BCUT2D eigenvalue weighted by molar-refractivity contribution is 0.104. The molecule has 0 amide bonds. The second kappa shape index (κ2) is 6.68. The quantitative estimate of drug-likeness (QED) is 0.633. The van der Waals surface area contributed by atoms with Crippen molar-refractivity contribution in [2.45, 2.75) is 13.3 Å². The molecule has 0 unspecified atom stereocenters. The highest BCUT2D eigenvalue weighted by Gasteiger charge is 2.13. The third-order valence-electron chi connectivity index (χ3n) is 2.45. The molecule has 1 aromatic heterocycles. The van der Waals surface area contributed by atoms with Gasteiger partial charge in [0, 0.05) is 5.56 Å². The van der Waals surface area contributed by atoms with E-state index in [2.05, 4.69) is 38.8 Å². The van der Waals surface area contributed by atoms with Crippen LogP contribution in [0.4, 0.5) is 0 Å². The molecule has 0 saturated carbocycles. The van der Waals surface area contributed by atoms with E-state index in [0.29, 0.717) is 12.2 Å². The largest absolute Gasteiger partial charge is 0.492 e. The average Bonchev–Trinajstić information content (AvgIpc) is 2.83. The van der Waals surface area contributed by atoms with Gasteiger partial charge in [0.15, 0.2) is 0 Å². The van der Waals surface area contributed by atoms with Crippen molar-refractivity contribution in [3.05, 3.63) is 49.0 Å². The van der Waals surface area contributed by atoms with Crippen LogP contribution in [0.5, 0.6) is 5.75 Å². The molecule has 0 aliphatic heterocycles. The van der Waals surface area contributed by atoms with Gasteiger partial charge in [0.05, 0.1) is 19.7 Å². The first kappa shape index (κ1) is 14.8. The molecule has 0 spiro atoms. The highest BCUT2D eigenvalue weighted by Crippen LogP contribution is 2.29. The molecule has 19 heavy (non-hydrogen) atoms. The third-order valence-corrected chi connectivity index (χ3v) is 4.69. The van der Waals surface area contributed by atoms with Gasteiger partial charge in [0.2, 0.25) is 5.78 Å². The van der Waals surface area contributed by atoms with Crippen LogP contribution in [0.1, 0.15) is 28.6 Å². The van der Waals surface area contributed by atoms with Crippen LogP contribution >= 0.6 is 43.2 Å². The molecule has 1 heterocycles. The van der Waals surface area contributed by atoms with E-state index in [1.54, 1.807) is 12.1 Å². The van der Waals surface area contributed by atoms with Crippen molar-refractivity contribution in [2.75, 3.05) is 6.61 Å². The lowest BCUT2D eigenvalue weighted by Gasteiger charge is -2.08. The molecule has 2 rings (SSSR count). The maximum Gasteiger partial charge on any atom is 0.203 e. The Morgan fingerprint density at radius 2 is 2.05 bits per heavy atom. The molecule has 2 nitrogen and oxygen atoms in total. The maximum atomic E-state index is 12.3. The fourth-order valence-corrected chi connectivity index (χ4v) is 3.39. The topological polar surface area (TPSA) is 26.3 Å². The van der Waals surface area contributed by atoms with E-state index >= 15 is 0 Å². The second-order valence-electron chi connectivity index (χ2n) is 3.93. The van der Waals surface area contributed by atoms with E-state index in [0.717, 1.165) is 25.3 Å². The monoisotopic (exact) mass is 402 g/mol. The zero-order valence-corrected chi connectivity index (χ0v) is 14.3. The Bertz CT molecular complexity index is 593. The normalized spacial score (nSPS) is 10.5. The average molecular weight is 404 g/mol. The maximum absolute atomic E-state index is 12.3. The summed E-state index contributed by atoms with van der Waals surface area (Å²) in [5, 5.41) is 0. The van der Waals surface area contributed by atoms with Crippen molar-refractivity contribution < 1.29 is 9.53 Å². The summed E-state index contributed by atoms with van der Waals surface area (Å²) in [5.74, 6) is 0.796. The van der Waals surface area contributed by atoms with Crippen LogP contribution in [0, 0.1) is 0 Å². The molecular formula is C14H12Br2O2S. The van der Waals surface area contributed by atoms with Crippen molar-refractivity contribution >= 4 is 49.0 Å². The Balaban J connectivity index is 2.22. The Morgan fingerprint density at radius 3 is 2.63 bits per heavy atom. The zero-order chi connectivity index (χ0) is 13.8. The minimum Gasteiger partial charge on any atom is -0.492 e. The van der Waals surface area contributed by atoms with Crippen molar-refractivity contribution in [3.63, 3.8) is 0 Å². The van der Waals surface area contributed by atoms with Crippen molar-refractivity contribution in [2.24, 2.45) is 0 Å². The van der Waals surface area contributed by atoms with Gasteiger partial charge in [0.1, 0.15) is 5.75 Å². The molecule has 0 bridgehead atoms. The number of hydrogen-bond acceptors (Lipinski definition) is 3. The molecule has 0 fully saturated rings. The summed E-state index contributed by atoms with van der Waals surface area (Å²) in [7, 11) is 0. The Kier molecular flexibility index (Phi) is 5.19. The predicted molar refractivity (Wildman–Crippen MR) is 85.4 cm³/mol. The van der Waals surface area contributed by atoms with E-state index in [1.807, 2.05) is 18.2 Å². The molecule has 0 aliphatic rings. The van der Waals surface area contributed by atoms with Crippen LogP contribution in [0.3, 0.4) is 0 Å². The molecule has 2 aromatic rings. The van der Waals surface area contributed by atoms with Crippen LogP contribution in [0.15, 0.2) is 38.6 Å². The summed E-state index contributed by atoms with van der Waals surface area (Å²) in [6, 6.07) is 9.14. The summed E-state index contributed by atoms with van der Waals surface area (Å²) < 4.78 is 7.33. The zero-order valence-electron chi connectivity index (χ0n) is 10.3. The summed E-state index contributed by atoms with van der Waals surface area (Å²) in [6.45, 7) is 2.73. The number of rotatable bonds is 5. The number of carbonyl (C=O) groups excluding carboxylic acids is 1. The SMILES string of the molecule is CCCOc1ccc(C(=O)c2ccc(Br)s2)cc1Br. The van der Waals surface area contributed by atoms with E-state index < -0.39 is 0 Å². The molecule has 0 atom stereocenters. The van der Waals surface area contributed by atoms with Gasteiger partial charge in [-0.1, -0.05) is 6.92 Å². The Labute approximate surface area is 133 Å². The molecule has 0 saturated heterocycles. The number of benzene rings is 1. The van der Waals surface area contributed by atoms with Gasteiger partial charge >= 0.3 is 0 Å². The van der Waals surface area contributed by atoms with E-state index in [1.165, 1.54) is 11.3 Å². The van der Waals surface area contributed by atoms with Gasteiger partial charge in [-0.15, -0.1) is 11.3 Å². The van der Waals surface area contributed by atoms with E-state index in [-0.39, 0.29) is 5.78 Å². The second-order valence-corrected chi connectivity index (χ2v) is 7.24. The number of halogens is 2. The number of ketones is 1. The molecule has 100 valence electrons. The minimum atomic E-state index is 0.0263. The van der Waals surface area contributed by atoms with Gasteiger partial charge in [-0.25, -0.2) is 0 Å². The minimum absolute atomic E-state index is 0.0263. The van der Waals surface area contributed by atoms with Gasteiger partial charge in [0.25, 0.3) is 0 Å². The Hall–Kier alpha value is -0.650. The smallest absolute Gasteiger partial charge is 0.203 e. The molecule has 0 aliphatic carbocycles. The highest BCUT2D eigenvalue weighted by molar-refractivity contribution is 9.11. The van der Waals surface area contributed by atoms with Crippen LogP contribution in [-0.2, 0) is 0 Å². The lowest BCUT2D eigenvalue weighted by atomic mass is 10.1. The summed E-state index contributed by atoms with van der Waals surface area (Å²) in [5.41, 5.74) is 0.657. The molecule has 1 aromatic carbocycles. The van der Waals surface area contributed by atoms with Gasteiger partial charge < -0.3 is 4.74 Å². The van der Waals surface area contributed by atoms with Gasteiger partial charge in [-0.2, -0.15) is 0 Å². The molecule has 0 radical (unpaired) electrons. The van der Waals surface area contributed by atoms with Crippen molar-refractivity contribution in [1.29, 1.82) is 0 Å². The first-order valence-corrected chi connectivity index (χ1v) is 8.24. The fourth-order valence-electron chi connectivity index (χ4n) is 1.55. The summed E-state index contributed by atoms with van der Waals surface area (Å²) in [4.78, 5) is 13.0. The number of hydrogen-bond donors (Lipinski definition) is 0. The Morgan fingerprint density at radius 1 is 1.26 bits per heavy atom. The van der Waals surface area contributed by atoms with Gasteiger partial charge in [-0.05, 0) is 68.6 Å². The van der Waals surface area contributed by atoms with Crippen LogP contribution < -0.4 is 4.74 Å². The third kappa shape index (κ3) is 3.68. The fraction of sp³-hybridized carbons (Fsp3) is 0.214. The lowest BCUT2D eigenvalue weighted by Crippen LogP contribution is -2.00. The van der Waals surface area contributed by atoms with Crippen molar-refractivity contribution in [1.82, 2.24) is 0 Å². The van der Waals surface area contributed by atoms with Crippen LogP contribution in [0.2, 0.25) is 0 Å². The van der Waals surface area contributed by atoms with Crippen LogP contribution in [0.25, 0.3) is 0 Å². The standard InChI is InChI=1S/C14H12Br2O2S/c1-2-7-18-11-4-3-9(8-10(11)15)14(17)12-5-6-13(16)19-12/h3-6,8H,2,7H2,1H3. The molecule has 0 N–H and O–H groups in total. The van der Waals surface area contributed by atoms with Crippen LogP contribution in [-0.4, -0.2) is 12.4 Å². The van der Waals surface area contributed by atoms with E-state index in [4.69, 9.17) is 4.74 Å². The predicted octanol–water partition coefficient (Wildman–Crippen LogP) is 5.29. The first-order valence-electron chi connectivity index (χ1n) is 5.84. The number of thiophene rings is 1. The van der Waals surface area contributed by atoms with E-state index in [9.17, 15) is 4.79 Å². The first-order chi connectivity index (χ1) is 9.11. The number of carbonyl (C=O) groups is 1.